The minimum atomic E-state index is -0.789. The molecule has 0 N–H and O–H groups in total. The van der Waals surface area contributed by atoms with Gasteiger partial charge in [-0.15, -0.1) is 0 Å². The fraction of sp³-hybridized carbons (Fsp3) is 0.737. The van der Waals surface area contributed by atoms with Gasteiger partial charge in [0.05, 0.1) is 0 Å². The Morgan fingerprint density at radius 3 is 0.984 bits per heavy atom. The van der Waals surface area contributed by atoms with Crippen molar-refractivity contribution >= 4 is 17.9 Å². The van der Waals surface area contributed by atoms with E-state index in [1.165, 1.54) is 103 Å². The largest absolute Gasteiger partial charge is 0.462 e. The first-order valence-corrected chi connectivity index (χ1v) is 26.4. The van der Waals surface area contributed by atoms with Crippen molar-refractivity contribution in [2.75, 3.05) is 13.2 Å². The zero-order valence-corrected chi connectivity index (χ0v) is 41.3. The van der Waals surface area contributed by atoms with E-state index in [-0.39, 0.29) is 31.1 Å². The maximum atomic E-state index is 12.8. The molecule has 0 aromatic heterocycles. The molecule has 63 heavy (non-hydrogen) atoms. The van der Waals surface area contributed by atoms with Gasteiger partial charge in [0.2, 0.25) is 0 Å². The third kappa shape index (κ3) is 49.7. The number of hydrogen-bond acceptors (Lipinski definition) is 6. The van der Waals surface area contributed by atoms with Crippen molar-refractivity contribution in [3.8, 4) is 0 Å². The van der Waals surface area contributed by atoms with Crippen LogP contribution in [-0.2, 0) is 28.6 Å². The molecule has 6 nitrogen and oxygen atoms in total. The lowest BCUT2D eigenvalue weighted by Gasteiger charge is -2.18. The van der Waals surface area contributed by atoms with Crippen molar-refractivity contribution in [3.63, 3.8) is 0 Å². The maximum absolute atomic E-state index is 12.8. The fourth-order valence-corrected chi connectivity index (χ4v) is 7.23. The van der Waals surface area contributed by atoms with Gasteiger partial charge in [-0.1, -0.05) is 216 Å². The summed E-state index contributed by atoms with van der Waals surface area (Å²) in [6, 6.07) is 0. The molecule has 6 heteroatoms. The second-order valence-corrected chi connectivity index (χ2v) is 17.4. The summed E-state index contributed by atoms with van der Waals surface area (Å²) in [4.78, 5) is 38.0. The molecule has 362 valence electrons. The first kappa shape index (κ1) is 59.9. The van der Waals surface area contributed by atoms with Crippen molar-refractivity contribution in [1.29, 1.82) is 0 Å². The molecule has 0 aliphatic rings. The molecule has 1 unspecified atom stereocenters. The van der Waals surface area contributed by atoms with Crippen molar-refractivity contribution < 1.29 is 28.6 Å². The molecule has 0 saturated heterocycles. The minimum absolute atomic E-state index is 0.0868. The van der Waals surface area contributed by atoms with Gasteiger partial charge in [0.25, 0.3) is 0 Å². The molecule has 0 radical (unpaired) electrons. The van der Waals surface area contributed by atoms with Gasteiger partial charge in [0.15, 0.2) is 6.10 Å². The molecular weight excluding hydrogens is 781 g/mol. The molecule has 0 fully saturated rings. The Labute approximate surface area is 389 Å². The monoisotopic (exact) mass is 879 g/mol. The molecule has 0 rings (SSSR count). The molecule has 0 amide bonds. The topological polar surface area (TPSA) is 78.9 Å². The number of ether oxygens (including phenoxy) is 3. The van der Waals surface area contributed by atoms with E-state index < -0.39 is 6.10 Å². The summed E-state index contributed by atoms with van der Waals surface area (Å²) >= 11 is 0. The summed E-state index contributed by atoms with van der Waals surface area (Å²) in [5, 5.41) is 0. The van der Waals surface area contributed by atoms with E-state index in [1.807, 2.05) is 0 Å². The van der Waals surface area contributed by atoms with E-state index in [0.29, 0.717) is 19.3 Å². The number of allylic oxidation sites excluding steroid dienone is 12. The van der Waals surface area contributed by atoms with E-state index in [1.54, 1.807) is 0 Å². The van der Waals surface area contributed by atoms with Gasteiger partial charge in [0, 0.05) is 19.3 Å². The zero-order chi connectivity index (χ0) is 45.8. The summed E-state index contributed by atoms with van der Waals surface area (Å²) in [6.45, 7) is 6.47. The third-order valence-corrected chi connectivity index (χ3v) is 11.2. The average molecular weight is 879 g/mol. The Balaban J connectivity index is 4.39. The van der Waals surface area contributed by atoms with E-state index in [9.17, 15) is 14.4 Å². The average Bonchev–Trinajstić information content (AvgIpc) is 3.28. The molecule has 0 spiro atoms. The van der Waals surface area contributed by atoms with Crippen LogP contribution >= 0.6 is 0 Å². The van der Waals surface area contributed by atoms with Gasteiger partial charge in [0.1, 0.15) is 13.2 Å². The van der Waals surface area contributed by atoms with Gasteiger partial charge in [-0.05, 0) is 89.9 Å². The van der Waals surface area contributed by atoms with E-state index in [2.05, 4.69) is 93.7 Å². The van der Waals surface area contributed by atoms with Crippen molar-refractivity contribution in [1.82, 2.24) is 0 Å². The Morgan fingerprint density at radius 2 is 0.619 bits per heavy atom. The van der Waals surface area contributed by atoms with Crippen LogP contribution in [0, 0.1) is 0 Å². The molecule has 0 aliphatic heterocycles. The Morgan fingerprint density at radius 1 is 0.333 bits per heavy atom. The molecular formula is C57H98O6. The summed E-state index contributed by atoms with van der Waals surface area (Å²) in [7, 11) is 0. The molecule has 0 heterocycles. The highest BCUT2D eigenvalue weighted by atomic mass is 16.6. The van der Waals surface area contributed by atoms with Crippen molar-refractivity contribution in [2.24, 2.45) is 0 Å². The van der Waals surface area contributed by atoms with Crippen molar-refractivity contribution in [3.05, 3.63) is 72.9 Å². The number of carbonyl (C=O) groups excluding carboxylic acids is 3. The first-order chi connectivity index (χ1) is 31.0. The smallest absolute Gasteiger partial charge is 0.306 e. The predicted molar refractivity (Wildman–Crippen MR) is 270 cm³/mol. The van der Waals surface area contributed by atoms with Gasteiger partial charge in [-0.3, -0.25) is 14.4 Å². The van der Waals surface area contributed by atoms with Crippen LogP contribution in [-0.4, -0.2) is 37.2 Å². The second kappa shape index (κ2) is 51.5. The van der Waals surface area contributed by atoms with Crippen LogP contribution in [0.5, 0.6) is 0 Å². The SMILES string of the molecule is CC/C=C\C/C=C\C/C=C\C/C=C\CCCCCCC(=O)OC(COC(=O)CCCCCCCCC/C=C\C/C=C\CCCCCC)COC(=O)CCCCCCCCCCCC. The highest BCUT2D eigenvalue weighted by molar-refractivity contribution is 5.71. The van der Waals surface area contributed by atoms with Gasteiger partial charge < -0.3 is 14.2 Å². The summed E-state index contributed by atoms with van der Waals surface area (Å²) in [5.41, 5.74) is 0. The van der Waals surface area contributed by atoms with E-state index in [4.69, 9.17) is 14.2 Å². The molecule has 1 atom stereocenters. The molecule has 0 saturated carbocycles. The number of rotatable bonds is 47. The van der Waals surface area contributed by atoms with Crippen LogP contribution in [0.25, 0.3) is 0 Å². The van der Waals surface area contributed by atoms with E-state index in [0.717, 1.165) is 109 Å². The van der Waals surface area contributed by atoms with Crippen molar-refractivity contribution in [2.45, 2.75) is 258 Å². The lowest BCUT2D eigenvalue weighted by Crippen LogP contribution is -2.30. The zero-order valence-electron chi connectivity index (χ0n) is 41.3. The van der Waals surface area contributed by atoms with Crippen LogP contribution in [0.3, 0.4) is 0 Å². The number of carbonyl (C=O) groups is 3. The van der Waals surface area contributed by atoms with Gasteiger partial charge >= 0.3 is 17.9 Å². The standard InChI is InChI=1S/C57H98O6/c1-4-7-10-13-16-19-22-24-26-28-30-31-33-35-38-41-44-47-50-56(59)62-53-54(52-61-55(58)49-46-43-40-37-21-18-15-12-9-6-3)63-57(60)51-48-45-42-39-36-34-32-29-27-25-23-20-17-14-11-8-5-2/h8,11,17,19-20,22,25-28,32,34,54H,4-7,9-10,12-16,18,21,23-24,29-31,33,35-53H2,1-3H3/b11-8-,20-17-,22-19-,27-25-,28-26-,34-32-. The Kier molecular flexibility index (Phi) is 48.9. The quantitative estimate of drug-likeness (QED) is 0.0262. The second-order valence-electron chi connectivity index (χ2n) is 17.4. The van der Waals surface area contributed by atoms with Crippen LogP contribution in [0.1, 0.15) is 252 Å². The first-order valence-electron chi connectivity index (χ1n) is 26.4. The summed E-state index contributed by atoms with van der Waals surface area (Å²) < 4.78 is 16.8. The molecule has 0 bridgehead atoms. The Bertz CT molecular complexity index is 1190. The number of unbranched alkanes of at least 4 members (excludes halogenated alkanes) is 24. The lowest BCUT2D eigenvalue weighted by molar-refractivity contribution is -0.167. The normalized spacial score (nSPS) is 12.6. The summed E-state index contributed by atoms with van der Waals surface area (Å²) in [6.07, 6.45) is 64.5. The maximum Gasteiger partial charge on any atom is 0.306 e. The third-order valence-electron chi connectivity index (χ3n) is 11.2. The molecule has 0 aromatic rings. The molecule has 0 aliphatic carbocycles. The number of esters is 3. The van der Waals surface area contributed by atoms with Crippen LogP contribution < -0.4 is 0 Å². The predicted octanol–water partition coefficient (Wildman–Crippen LogP) is 17.4. The highest BCUT2D eigenvalue weighted by Gasteiger charge is 2.19. The van der Waals surface area contributed by atoms with Crippen LogP contribution in [0.2, 0.25) is 0 Å². The lowest BCUT2D eigenvalue weighted by atomic mass is 10.1. The number of hydrogen-bond donors (Lipinski definition) is 0. The van der Waals surface area contributed by atoms with Gasteiger partial charge in [-0.25, -0.2) is 0 Å². The van der Waals surface area contributed by atoms with E-state index >= 15 is 0 Å². The molecule has 0 aromatic carbocycles. The summed E-state index contributed by atoms with van der Waals surface area (Å²) in [5.74, 6) is -0.917. The van der Waals surface area contributed by atoms with Gasteiger partial charge in [-0.2, -0.15) is 0 Å². The minimum Gasteiger partial charge on any atom is -0.462 e. The van der Waals surface area contributed by atoms with Crippen LogP contribution in [0.4, 0.5) is 0 Å². The Hall–Kier alpha value is -3.15. The highest BCUT2D eigenvalue weighted by Crippen LogP contribution is 2.14. The fourth-order valence-electron chi connectivity index (χ4n) is 7.23. The van der Waals surface area contributed by atoms with Crippen LogP contribution in [0.15, 0.2) is 72.9 Å².